The number of pyridine rings is 1. The number of rotatable bonds is 4. The van der Waals surface area contributed by atoms with Gasteiger partial charge in [0.15, 0.2) is 0 Å². The van der Waals surface area contributed by atoms with Crippen molar-refractivity contribution in [2.75, 3.05) is 7.05 Å². The van der Waals surface area contributed by atoms with E-state index in [-0.39, 0.29) is 6.42 Å². The van der Waals surface area contributed by atoms with Crippen LogP contribution in [0.4, 0.5) is 0 Å². The number of carboxylic acid groups (broad SMARTS) is 1. The number of amides is 1. The first-order chi connectivity index (χ1) is 9.47. The molecule has 1 amide bonds. The molecule has 20 heavy (non-hydrogen) atoms. The largest absolute Gasteiger partial charge is 0.480 e. The molecule has 1 unspecified atom stereocenters. The normalized spacial score (nSPS) is 13.7. The number of para-hydroxylation sites is 1. The molecule has 0 saturated carbocycles. The van der Waals surface area contributed by atoms with E-state index < -0.39 is 17.3 Å². The highest BCUT2D eigenvalue weighted by Crippen LogP contribution is 2.24. The quantitative estimate of drug-likeness (QED) is 0.829. The molecule has 0 aliphatic carbocycles. The summed E-state index contributed by atoms with van der Waals surface area (Å²) in [6.45, 7) is 1.41. The van der Waals surface area contributed by atoms with E-state index in [1.807, 2.05) is 30.3 Å². The second-order valence-corrected chi connectivity index (χ2v) is 4.89. The highest BCUT2D eigenvalue weighted by molar-refractivity contribution is 6.01. The van der Waals surface area contributed by atoms with Gasteiger partial charge in [0.05, 0.1) is 5.52 Å². The van der Waals surface area contributed by atoms with E-state index in [1.54, 1.807) is 6.07 Å². The van der Waals surface area contributed by atoms with Crippen molar-refractivity contribution < 1.29 is 14.7 Å². The molecular formula is C15H16N2O3. The maximum absolute atomic E-state index is 11.8. The summed E-state index contributed by atoms with van der Waals surface area (Å²) in [7, 11) is 1.43. The molecule has 1 aromatic carbocycles. The molecule has 0 radical (unpaired) electrons. The lowest BCUT2D eigenvalue weighted by atomic mass is 9.84. The predicted molar refractivity (Wildman–Crippen MR) is 75.3 cm³/mol. The second-order valence-electron chi connectivity index (χ2n) is 4.89. The topological polar surface area (TPSA) is 79.3 Å². The Morgan fingerprint density at radius 2 is 1.95 bits per heavy atom. The molecule has 2 rings (SSSR count). The van der Waals surface area contributed by atoms with Crippen LogP contribution in [0.25, 0.3) is 10.9 Å². The zero-order chi connectivity index (χ0) is 14.8. The Kier molecular flexibility index (Phi) is 3.70. The Bertz CT molecular complexity index is 669. The summed E-state index contributed by atoms with van der Waals surface area (Å²) in [5, 5.41) is 12.7. The molecule has 104 valence electrons. The molecule has 0 fully saturated rings. The Labute approximate surface area is 116 Å². The fraction of sp³-hybridized carbons (Fsp3) is 0.267. The lowest BCUT2D eigenvalue weighted by molar-refractivity contribution is -0.154. The summed E-state index contributed by atoms with van der Waals surface area (Å²) in [5.41, 5.74) is -0.156. The van der Waals surface area contributed by atoms with Gasteiger partial charge < -0.3 is 10.4 Å². The number of benzene rings is 1. The Morgan fingerprint density at radius 3 is 2.60 bits per heavy atom. The van der Waals surface area contributed by atoms with E-state index in [2.05, 4.69) is 10.3 Å². The first kappa shape index (κ1) is 14.0. The van der Waals surface area contributed by atoms with Gasteiger partial charge in [-0.2, -0.15) is 0 Å². The van der Waals surface area contributed by atoms with Crippen molar-refractivity contribution >= 4 is 22.8 Å². The summed E-state index contributed by atoms with van der Waals surface area (Å²) in [6.07, 6.45) is 0.0485. The molecule has 2 aromatic rings. The fourth-order valence-electron chi connectivity index (χ4n) is 2.10. The molecule has 1 aromatic heterocycles. The summed E-state index contributed by atoms with van der Waals surface area (Å²) < 4.78 is 0. The van der Waals surface area contributed by atoms with Crippen molar-refractivity contribution in [3.05, 3.63) is 42.1 Å². The second kappa shape index (κ2) is 5.28. The monoisotopic (exact) mass is 272 g/mol. The first-order valence-corrected chi connectivity index (χ1v) is 6.27. The molecule has 0 aliphatic rings. The number of carbonyl (C=O) groups is 2. The predicted octanol–water partition coefficient (Wildman–Crippen LogP) is 1.61. The van der Waals surface area contributed by atoms with Gasteiger partial charge in [-0.25, -0.2) is 0 Å². The summed E-state index contributed by atoms with van der Waals surface area (Å²) >= 11 is 0. The standard InChI is InChI=1S/C15H16N2O3/c1-15(14(19)20,13(18)16-2)9-11-8-7-10-5-3-4-6-12(10)17-11/h3-8H,9H2,1-2H3,(H,16,18)(H,19,20). The third-order valence-corrected chi connectivity index (χ3v) is 3.39. The average Bonchev–Trinajstić information content (AvgIpc) is 2.45. The molecule has 0 spiro atoms. The smallest absolute Gasteiger partial charge is 0.319 e. The lowest BCUT2D eigenvalue weighted by Gasteiger charge is -2.22. The van der Waals surface area contributed by atoms with E-state index >= 15 is 0 Å². The fourth-order valence-corrected chi connectivity index (χ4v) is 2.10. The van der Waals surface area contributed by atoms with E-state index in [4.69, 9.17) is 0 Å². The number of nitrogens with zero attached hydrogens (tertiary/aromatic N) is 1. The molecule has 5 nitrogen and oxygen atoms in total. The number of carbonyl (C=O) groups excluding carboxylic acids is 1. The maximum atomic E-state index is 11.8. The summed E-state index contributed by atoms with van der Waals surface area (Å²) in [4.78, 5) is 27.6. The molecule has 1 atom stereocenters. The molecule has 2 N–H and O–H groups in total. The van der Waals surface area contributed by atoms with Crippen LogP contribution >= 0.6 is 0 Å². The van der Waals surface area contributed by atoms with Crippen LogP contribution in [-0.4, -0.2) is 29.0 Å². The van der Waals surface area contributed by atoms with Crippen LogP contribution in [0.5, 0.6) is 0 Å². The number of fused-ring (bicyclic) bond motifs is 1. The SMILES string of the molecule is CNC(=O)C(C)(Cc1ccc2ccccc2n1)C(=O)O. The Hall–Kier alpha value is -2.43. The number of hydrogen-bond donors (Lipinski definition) is 2. The zero-order valence-electron chi connectivity index (χ0n) is 11.4. The minimum atomic E-state index is -1.52. The number of hydrogen-bond acceptors (Lipinski definition) is 3. The van der Waals surface area contributed by atoms with Crippen molar-refractivity contribution in [3.8, 4) is 0 Å². The van der Waals surface area contributed by atoms with Gasteiger partial charge in [0, 0.05) is 24.5 Å². The van der Waals surface area contributed by atoms with Crippen LogP contribution in [0.3, 0.4) is 0 Å². The van der Waals surface area contributed by atoms with Gasteiger partial charge in [-0.15, -0.1) is 0 Å². The lowest BCUT2D eigenvalue weighted by Crippen LogP contribution is -2.44. The Balaban J connectivity index is 2.38. The van der Waals surface area contributed by atoms with Gasteiger partial charge in [-0.1, -0.05) is 24.3 Å². The van der Waals surface area contributed by atoms with Crippen molar-refractivity contribution in [2.45, 2.75) is 13.3 Å². The van der Waals surface area contributed by atoms with Gasteiger partial charge in [0.2, 0.25) is 5.91 Å². The number of carboxylic acids is 1. The third kappa shape index (κ3) is 2.47. The van der Waals surface area contributed by atoms with Gasteiger partial charge in [-0.3, -0.25) is 14.6 Å². The van der Waals surface area contributed by atoms with E-state index in [0.717, 1.165) is 10.9 Å². The minimum Gasteiger partial charge on any atom is -0.480 e. The minimum absolute atomic E-state index is 0.0485. The van der Waals surface area contributed by atoms with Crippen LogP contribution in [-0.2, 0) is 16.0 Å². The van der Waals surface area contributed by atoms with Crippen LogP contribution in [0, 0.1) is 5.41 Å². The molecule has 0 bridgehead atoms. The molecule has 5 heteroatoms. The van der Waals surface area contributed by atoms with E-state index in [1.165, 1.54) is 14.0 Å². The number of nitrogens with one attached hydrogen (secondary N) is 1. The first-order valence-electron chi connectivity index (χ1n) is 6.27. The average molecular weight is 272 g/mol. The molecule has 0 saturated heterocycles. The van der Waals surface area contributed by atoms with Crippen LogP contribution < -0.4 is 5.32 Å². The maximum Gasteiger partial charge on any atom is 0.319 e. The van der Waals surface area contributed by atoms with Crippen molar-refractivity contribution in [3.63, 3.8) is 0 Å². The van der Waals surface area contributed by atoms with Crippen LogP contribution in [0.2, 0.25) is 0 Å². The highest BCUT2D eigenvalue weighted by atomic mass is 16.4. The number of aliphatic carboxylic acids is 1. The zero-order valence-corrected chi connectivity index (χ0v) is 11.4. The molecule has 0 aliphatic heterocycles. The molecular weight excluding hydrogens is 256 g/mol. The molecule has 1 heterocycles. The highest BCUT2D eigenvalue weighted by Gasteiger charge is 2.41. The summed E-state index contributed by atoms with van der Waals surface area (Å²) in [6, 6.07) is 11.2. The van der Waals surface area contributed by atoms with Crippen molar-refractivity contribution in [1.29, 1.82) is 0 Å². The van der Waals surface area contributed by atoms with Crippen molar-refractivity contribution in [2.24, 2.45) is 5.41 Å². The van der Waals surface area contributed by atoms with Gasteiger partial charge in [-0.05, 0) is 19.1 Å². The van der Waals surface area contributed by atoms with Gasteiger partial charge in [0.1, 0.15) is 5.41 Å². The Morgan fingerprint density at radius 1 is 1.25 bits per heavy atom. The van der Waals surface area contributed by atoms with Crippen LogP contribution in [0.15, 0.2) is 36.4 Å². The van der Waals surface area contributed by atoms with E-state index in [0.29, 0.717) is 5.69 Å². The number of aromatic nitrogens is 1. The van der Waals surface area contributed by atoms with E-state index in [9.17, 15) is 14.7 Å². The van der Waals surface area contributed by atoms with Crippen LogP contribution in [0.1, 0.15) is 12.6 Å². The third-order valence-electron chi connectivity index (χ3n) is 3.39. The van der Waals surface area contributed by atoms with Gasteiger partial charge >= 0.3 is 5.97 Å². The van der Waals surface area contributed by atoms with Crippen molar-refractivity contribution in [1.82, 2.24) is 10.3 Å². The van der Waals surface area contributed by atoms with Gasteiger partial charge in [0.25, 0.3) is 0 Å². The summed E-state index contributed by atoms with van der Waals surface area (Å²) in [5.74, 6) is -1.69.